The Bertz CT molecular complexity index is 1470. The first-order chi connectivity index (χ1) is 17.0. The predicted octanol–water partition coefficient (Wildman–Crippen LogP) is 5.15. The van der Waals surface area contributed by atoms with Crippen molar-refractivity contribution >= 4 is 22.6 Å². The number of carbonyl (C=O) groups excluding carboxylic acids is 1. The van der Waals surface area contributed by atoms with E-state index in [0.717, 1.165) is 16.7 Å². The van der Waals surface area contributed by atoms with Gasteiger partial charge in [0.1, 0.15) is 11.3 Å². The van der Waals surface area contributed by atoms with Crippen LogP contribution in [-0.2, 0) is 0 Å². The SMILES string of the molecule is Cc1cc([C@@H](C)Nc2cccnc2C(=O)NCC(C)(C)O)c2oc(-c3ccccc3)c(C)c(=O)c2c1. The number of nitrogens with one attached hydrogen (secondary N) is 2. The van der Waals surface area contributed by atoms with Crippen molar-refractivity contribution in [2.75, 3.05) is 11.9 Å². The first-order valence-electron chi connectivity index (χ1n) is 11.9. The fourth-order valence-corrected chi connectivity index (χ4v) is 4.15. The average Bonchev–Trinajstić information content (AvgIpc) is 2.85. The van der Waals surface area contributed by atoms with E-state index < -0.39 is 11.5 Å². The van der Waals surface area contributed by atoms with Crippen LogP contribution in [0.1, 0.15) is 54.0 Å². The number of amides is 1. The number of hydrogen-bond acceptors (Lipinski definition) is 6. The van der Waals surface area contributed by atoms with Crippen LogP contribution in [0.4, 0.5) is 5.69 Å². The number of carbonyl (C=O) groups is 1. The van der Waals surface area contributed by atoms with E-state index in [9.17, 15) is 14.7 Å². The van der Waals surface area contributed by atoms with Crippen LogP contribution in [-0.4, -0.2) is 28.1 Å². The van der Waals surface area contributed by atoms with E-state index in [0.29, 0.717) is 28.0 Å². The van der Waals surface area contributed by atoms with Crippen LogP contribution in [0.15, 0.2) is 70.0 Å². The lowest BCUT2D eigenvalue weighted by atomic mass is 9.98. The van der Waals surface area contributed by atoms with Gasteiger partial charge in [0.25, 0.3) is 5.91 Å². The van der Waals surface area contributed by atoms with Crippen molar-refractivity contribution in [3.05, 3.63) is 93.4 Å². The second-order valence-corrected chi connectivity index (χ2v) is 9.74. The van der Waals surface area contributed by atoms with Gasteiger partial charge in [0.15, 0.2) is 11.1 Å². The molecule has 0 spiro atoms. The van der Waals surface area contributed by atoms with E-state index in [1.54, 1.807) is 39.1 Å². The molecule has 7 heteroatoms. The molecule has 0 bridgehead atoms. The lowest BCUT2D eigenvalue weighted by molar-refractivity contribution is 0.0692. The molecule has 0 saturated heterocycles. The molecule has 0 aliphatic rings. The molecule has 2 aromatic heterocycles. The van der Waals surface area contributed by atoms with Gasteiger partial charge in [-0.2, -0.15) is 0 Å². The van der Waals surface area contributed by atoms with Crippen LogP contribution in [0, 0.1) is 13.8 Å². The summed E-state index contributed by atoms with van der Waals surface area (Å²) in [6.45, 7) is 9.00. The quantitative estimate of drug-likeness (QED) is 0.335. The van der Waals surface area contributed by atoms with Crippen molar-refractivity contribution in [3.63, 3.8) is 0 Å². The summed E-state index contributed by atoms with van der Waals surface area (Å²) >= 11 is 0. The molecular formula is C29H31N3O4. The zero-order valence-electron chi connectivity index (χ0n) is 21.2. The molecule has 1 atom stereocenters. The van der Waals surface area contributed by atoms with E-state index in [-0.39, 0.29) is 23.7 Å². The molecule has 2 heterocycles. The Morgan fingerprint density at radius 1 is 1.11 bits per heavy atom. The van der Waals surface area contributed by atoms with Gasteiger partial charge in [-0.05, 0) is 58.4 Å². The molecule has 4 aromatic rings. The maximum Gasteiger partial charge on any atom is 0.272 e. The summed E-state index contributed by atoms with van der Waals surface area (Å²) in [5, 5.41) is 16.6. The van der Waals surface area contributed by atoms with Gasteiger partial charge >= 0.3 is 0 Å². The van der Waals surface area contributed by atoms with E-state index in [1.165, 1.54) is 0 Å². The standard InChI is InChI=1S/C29H31N3O4/c1-17-14-21(19(3)32-23-12-9-13-30-24(23)28(34)31-16-29(4,5)35)27-22(15-17)25(33)18(2)26(36-27)20-10-7-6-8-11-20/h6-15,19,32,35H,16H2,1-5H3,(H,31,34)/t19-/m1/s1. The van der Waals surface area contributed by atoms with Crippen LogP contribution < -0.4 is 16.1 Å². The Morgan fingerprint density at radius 2 is 1.83 bits per heavy atom. The van der Waals surface area contributed by atoms with Gasteiger partial charge in [0.2, 0.25) is 0 Å². The van der Waals surface area contributed by atoms with E-state index >= 15 is 0 Å². The molecule has 0 radical (unpaired) electrons. The molecule has 7 nitrogen and oxygen atoms in total. The Kier molecular flexibility index (Phi) is 6.95. The number of hydrogen-bond donors (Lipinski definition) is 3. The predicted molar refractivity (Wildman–Crippen MR) is 142 cm³/mol. The molecule has 0 fully saturated rings. The molecule has 0 unspecified atom stereocenters. The highest BCUT2D eigenvalue weighted by Crippen LogP contribution is 2.32. The number of pyridine rings is 1. The van der Waals surface area contributed by atoms with Crippen molar-refractivity contribution < 1.29 is 14.3 Å². The molecule has 36 heavy (non-hydrogen) atoms. The van der Waals surface area contributed by atoms with Gasteiger partial charge in [-0.1, -0.05) is 36.4 Å². The number of fused-ring (bicyclic) bond motifs is 1. The fourth-order valence-electron chi connectivity index (χ4n) is 4.15. The van der Waals surface area contributed by atoms with Gasteiger partial charge in [0, 0.05) is 29.4 Å². The van der Waals surface area contributed by atoms with Gasteiger partial charge in [-0.25, -0.2) is 4.98 Å². The highest BCUT2D eigenvalue weighted by Gasteiger charge is 2.22. The van der Waals surface area contributed by atoms with Crippen molar-refractivity contribution in [3.8, 4) is 11.3 Å². The zero-order valence-corrected chi connectivity index (χ0v) is 21.2. The number of aryl methyl sites for hydroxylation is 1. The third-order valence-corrected chi connectivity index (χ3v) is 5.97. The Balaban J connectivity index is 1.76. The third-order valence-electron chi connectivity index (χ3n) is 5.97. The second-order valence-electron chi connectivity index (χ2n) is 9.74. The summed E-state index contributed by atoms with van der Waals surface area (Å²) in [5.41, 5.74) is 3.26. The van der Waals surface area contributed by atoms with Crippen molar-refractivity contribution in [1.29, 1.82) is 0 Å². The molecular weight excluding hydrogens is 454 g/mol. The van der Waals surface area contributed by atoms with Gasteiger partial charge in [-0.15, -0.1) is 0 Å². The maximum absolute atomic E-state index is 13.3. The lowest BCUT2D eigenvalue weighted by Crippen LogP contribution is -2.38. The largest absolute Gasteiger partial charge is 0.455 e. The fraction of sp³-hybridized carbons (Fsp3) is 0.276. The summed E-state index contributed by atoms with van der Waals surface area (Å²) in [6, 6.07) is 16.6. The van der Waals surface area contributed by atoms with E-state index in [1.807, 2.05) is 56.3 Å². The zero-order chi connectivity index (χ0) is 26.0. The number of aliphatic hydroxyl groups is 1. The molecule has 0 aliphatic carbocycles. The molecule has 186 valence electrons. The number of benzene rings is 2. The van der Waals surface area contributed by atoms with Crippen LogP contribution in [0.2, 0.25) is 0 Å². The Labute approximate surface area is 210 Å². The summed E-state index contributed by atoms with van der Waals surface area (Å²) in [4.78, 5) is 30.4. The Morgan fingerprint density at radius 3 is 2.53 bits per heavy atom. The number of nitrogens with zero attached hydrogens (tertiary/aromatic N) is 1. The topological polar surface area (TPSA) is 104 Å². The third kappa shape index (κ3) is 5.31. The summed E-state index contributed by atoms with van der Waals surface area (Å²) in [5.74, 6) is 0.147. The molecule has 3 N–H and O–H groups in total. The first kappa shape index (κ1) is 25.1. The normalized spacial score (nSPS) is 12.4. The van der Waals surface area contributed by atoms with E-state index in [4.69, 9.17) is 4.42 Å². The highest BCUT2D eigenvalue weighted by atomic mass is 16.3. The molecule has 0 saturated carbocycles. The number of aromatic nitrogens is 1. The monoisotopic (exact) mass is 485 g/mol. The highest BCUT2D eigenvalue weighted by molar-refractivity contribution is 5.97. The molecule has 1 amide bonds. The van der Waals surface area contributed by atoms with E-state index in [2.05, 4.69) is 15.6 Å². The van der Waals surface area contributed by atoms with Crippen LogP contribution in [0.25, 0.3) is 22.3 Å². The van der Waals surface area contributed by atoms with Gasteiger partial charge in [-0.3, -0.25) is 9.59 Å². The molecule has 4 rings (SSSR count). The second kappa shape index (κ2) is 9.95. The minimum absolute atomic E-state index is 0.0692. The first-order valence-corrected chi connectivity index (χ1v) is 11.9. The molecule has 0 aliphatic heterocycles. The van der Waals surface area contributed by atoms with Crippen molar-refractivity contribution in [2.24, 2.45) is 0 Å². The smallest absolute Gasteiger partial charge is 0.272 e. The van der Waals surface area contributed by atoms with Crippen LogP contribution in [0.3, 0.4) is 0 Å². The minimum atomic E-state index is -1.04. The minimum Gasteiger partial charge on any atom is -0.455 e. The van der Waals surface area contributed by atoms with Gasteiger partial charge in [0.05, 0.1) is 22.7 Å². The summed E-state index contributed by atoms with van der Waals surface area (Å²) in [6.07, 6.45) is 1.55. The van der Waals surface area contributed by atoms with Crippen molar-refractivity contribution in [1.82, 2.24) is 10.3 Å². The van der Waals surface area contributed by atoms with Gasteiger partial charge < -0.3 is 20.2 Å². The molecule has 2 aromatic carbocycles. The number of anilines is 1. The lowest BCUT2D eigenvalue weighted by Gasteiger charge is -2.21. The van der Waals surface area contributed by atoms with Crippen LogP contribution in [0.5, 0.6) is 0 Å². The van der Waals surface area contributed by atoms with Crippen molar-refractivity contribution in [2.45, 2.75) is 46.3 Å². The summed E-state index contributed by atoms with van der Waals surface area (Å²) in [7, 11) is 0. The number of rotatable bonds is 7. The maximum atomic E-state index is 13.3. The Hall–Kier alpha value is -3.97. The summed E-state index contributed by atoms with van der Waals surface area (Å²) < 4.78 is 6.40. The average molecular weight is 486 g/mol. The van der Waals surface area contributed by atoms with Crippen LogP contribution >= 0.6 is 0 Å².